The number of halogens is 1. The van der Waals surface area contributed by atoms with E-state index in [-0.39, 0.29) is 17.5 Å². The van der Waals surface area contributed by atoms with Crippen molar-refractivity contribution in [1.82, 2.24) is 4.98 Å². The van der Waals surface area contributed by atoms with E-state index in [1.165, 1.54) is 21.9 Å². The van der Waals surface area contributed by atoms with E-state index in [1.807, 2.05) is 0 Å². The first-order chi connectivity index (χ1) is 19.8. The number of Topliss-reactive ketones (excluding diaryl/α,β-unsaturated/α-hetero) is 2. The van der Waals surface area contributed by atoms with Gasteiger partial charge in [0, 0.05) is 47.8 Å². The molecule has 1 aromatic heterocycles. The number of fused-ring (bicyclic) bond motifs is 1. The average molecular weight is 571 g/mol. The van der Waals surface area contributed by atoms with Crippen LogP contribution in [0.25, 0.3) is 16.5 Å². The molecule has 41 heavy (non-hydrogen) atoms. The number of nitrogens with one attached hydrogen (secondary N) is 1. The summed E-state index contributed by atoms with van der Waals surface area (Å²) in [6.07, 6.45) is 10.1. The Balaban J connectivity index is 1.31. The normalized spacial score (nSPS) is 20.8. The van der Waals surface area contributed by atoms with Gasteiger partial charge in [0.2, 0.25) is 0 Å². The highest BCUT2D eigenvalue weighted by molar-refractivity contribution is 6.33. The van der Waals surface area contributed by atoms with Crippen LogP contribution in [0.15, 0.2) is 53.0 Å². The van der Waals surface area contributed by atoms with E-state index < -0.39 is 0 Å². The molecule has 5 rings (SSSR count). The lowest BCUT2D eigenvalue weighted by Gasteiger charge is -2.12. The largest absolute Gasteiger partial charge is 0.361 e. The zero-order valence-corrected chi connectivity index (χ0v) is 25.6. The van der Waals surface area contributed by atoms with Crippen LogP contribution in [0.2, 0.25) is 5.02 Å². The molecule has 3 aromatic rings. The molecule has 2 saturated carbocycles. The molecule has 216 valence electrons. The first kappa shape index (κ1) is 29.5. The number of rotatable bonds is 11. The SMILES string of the molecule is CCc1[nH]c(C)c(/C(N=C(C)CCc2ccc3ccccc3c2)=C2\CCC(CCC(=O)CC3CCCC3=O)C2)c1Cl. The molecule has 0 bridgehead atoms. The van der Waals surface area contributed by atoms with Crippen molar-refractivity contribution in [3.63, 3.8) is 0 Å². The van der Waals surface area contributed by atoms with E-state index in [1.54, 1.807) is 0 Å². The number of carbonyl (C=O) groups excluding carboxylic acids is 2. The minimum atomic E-state index is -0.0217. The van der Waals surface area contributed by atoms with E-state index in [9.17, 15) is 9.59 Å². The quantitative estimate of drug-likeness (QED) is 0.233. The van der Waals surface area contributed by atoms with Crippen molar-refractivity contribution >= 4 is 45.3 Å². The topological polar surface area (TPSA) is 62.3 Å². The van der Waals surface area contributed by atoms with E-state index >= 15 is 0 Å². The molecule has 2 aromatic carbocycles. The van der Waals surface area contributed by atoms with Crippen molar-refractivity contribution in [3.05, 3.63) is 75.6 Å². The highest BCUT2D eigenvalue weighted by Gasteiger charge is 2.29. The molecular formula is C36H43ClN2O2. The molecule has 4 nitrogen and oxygen atoms in total. The van der Waals surface area contributed by atoms with Gasteiger partial charge in [-0.1, -0.05) is 61.0 Å². The van der Waals surface area contributed by atoms with Gasteiger partial charge in [-0.15, -0.1) is 0 Å². The van der Waals surface area contributed by atoms with Gasteiger partial charge in [0.15, 0.2) is 0 Å². The van der Waals surface area contributed by atoms with Gasteiger partial charge >= 0.3 is 0 Å². The first-order valence-corrected chi connectivity index (χ1v) is 15.9. The molecule has 2 aliphatic carbocycles. The van der Waals surface area contributed by atoms with Gasteiger partial charge in [0.1, 0.15) is 11.6 Å². The molecule has 0 radical (unpaired) electrons. The second kappa shape index (κ2) is 13.3. The Bertz CT molecular complexity index is 1490. The lowest BCUT2D eigenvalue weighted by molar-refractivity contribution is -0.126. The van der Waals surface area contributed by atoms with Crippen LogP contribution in [0.3, 0.4) is 0 Å². The number of ketones is 2. The number of H-pyrrole nitrogens is 1. The molecule has 2 atom stereocenters. The summed E-state index contributed by atoms with van der Waals surface area (Å²) < 4.78 is 0. The van der Waals surface area contributed by atoms with Crippen molar-refractivity contribution in [2.45, 2.75) is 97.8 Å². The van der Waals surface area contributed by atoms with E-state index in [4.69, 9.17) is 16.6 Å². The minimum absolute atomic E-state index is 0.0217. The molecular weight excluding hydrogens is 528 g/mol. The lowest BCUT2D eigenvalue weighted by atomic mass is 9.94. The predicted molar refractivity (Wildman–Crippen MR) is 171 cm³/mol. The van der Waals surface area contributed by atoms with Crippen molar-refractivity contribution in [2.24, 2.45) is 16.8 Å². The Morgan fingerprint density at radius 3 is 2.61 bits per heavy atom. The number of aromatic nitrogens is 1. The molecule has 0 aliphatic heterocycles. The summed E-state index contributed by atoms with van der Waals surface area (Å²) in [6.45, 7) is 6.34. The molecule has 1 heterocycles. The zero-order valence-electron chi connectivity index (χ0n) is 24.8. The zero-order chi connectivity index (χ0) is 28.9. The maximum atomic E-state index is 12.7. The Morgan fingerprint density at radius 2 is 1.88 bits per heavy atom. The Hall–Kier alpha value is -2.98. The third-order valence-electron chi connectivity index (χ3n) is 9.14. The van der Waals surface area contributed by atoms with Crippen molar-refractivity contribution < 1.29 is 9.59 Å². The van der Waals surface area contributed by atoms with Crippen molar-refractivity contribution in [3.8, 4) is 0 Å². The van der Waals surface area contributed by atoms with Crippen LogP contribution >= 0.6 is 11.6 Å². The Kier molecular flexibility index (Phi) is 9.60. The average Bonchev–Trinajstić information content (AvgIpc) is 3.68. The van der Waals surface area contributed by atoms with Gasteiger partial charge in [0.25, 0.3) is 0 Å². The van der Waals surface area contributed by atoms with Gasteiger partial charge in [-0.25, -0.2) is 0 Å². The van der Waals surface area contributed by atoms with Crippen LogP contribution in [0.5, 0.6) is 0 Å². The molecule has 2 aliphatic rings. The number of nitrogens with zero attached hydrogens (tertiary/aromatic N) is 1. The van der Waals surface area contributed by atoms with Crippen LogP contribution in [-0.4, -0.2) is 22.3 Å². The van der Waals surface area contributed by atoms with Crippen LogP contribution in [-0.2, 0) is 22.4 Å². The third-order valence-corrected chi connectivity index (χ3v) is 9.56. The second-order valence-electron chi connectivity index (χ2n) is 12.2. The van der Waals surface area contributed by atoms with Crippen molar-refractivity contribution in [1.29, 1.82) is 0 Å². The number of hydrogen-bond acceptors (Lipinski definition) is 3. The number of aryl methyl sites for hydroxylation is 3. The number of hydrogen-bond donors (Lipinski definition) is 1. The number of aliphatic imine (C=N–C) groups is 1. The van der Waals surface area contributed by atoms with Gasteiger partial charge in [-0.05, 0) is 99.5 Å². The van der Waals surface area contributed by atoms with Crippen molar-refractivity contribution in [2.75, 3.05) is 0 Å². The Morgan fingerprint density at radius 1 is 1.07 bits per heavy atom. The monoisotopic (exact) mass is 570 g/mol. The standard InChI is InChI=1S/C36H43ClN2O2/c1-4-32-35(37)34(24(3)39-32)36(38-23(2)12-13-25-14-17-27-8-5-6-9-28(27)20-25)30-18-15-26(21-30)16-19-31(40)22-29-10-7-11-33(29)41/h5-6,8-9,14,17,20,26,29,39H,4,7,10-13,15-16,18-19,21-22H2,1-3H3/b36-30-,38-23?. The molecule has 0 amide bonds. The summed E-state index contributed by atoms with van der Waals surface area (Å²) >= 11 is 6.94. The lowest BCUT2D eigenvalue weighted by Crippen LogP contribution is -2.13. The number of allylic oxidation sites excluding steroid dienone is 1. The van der Waals surface area contributed by atoms with E-state index in [0.29, 0.717) is 25.2 Å². The van der Waals surface area contributed by atoms with Gasteiger partial charge in [-0.2, -0.15) is 0 Å². The number of benzene rings is 2. The molecule has 5 heteroatoms. The summed E-state index contributed by atoms with van der Waals surface area (Å²) in [6, 6.07) is 15.2. The van der Waals surface area contributed by atoms with Crippen LogP contribution in [0.4, 0.5) is 0 Å². The number of carbonyl (C=O) groups is 2. The van der Waals surface area contributed by atoms with Crippen LogP contribution in [0, 0.1) is 18.8 Å². The second-order valence-corrected chi connectivity index (χ2v) is 12.6. The van der Waals surface area contributed by atoms with Gasteiger partial charge in [-0.3, -0.25) is 14.6 Å². The predicted octanol–water partition coefficient (Wildman–Crippen LogP) is 9.41. The maximum absolute atomic E-state index is 12.7. The highest BCUT2D eigenvalue weighted by atomic mass is 35.5. The fourth-order valence-corrected chi connectivity index (χ4v) is 7.11. The molecule has 2 unspecified atom stereocenters. The first-order valence-electron chi connectivity index (χ1n) is 15.5. The molecule has 0 spiro atoms. The van der Waals surface area contributed by atoms with E-state index in [0.717, 1.165) is 91.2 Å². The summed E-state index contributed by atoms with van der Waals surface area (Å²) in [7, 11) is 0. The summed E-state index contributed by atoms with van der Waals surface area (Å²) in [5.41, 5.74) is 7.98. The molecule has 1 N–H and O–H groups in total. The van der Waals surface area contributed by atoms with Crippen LogP contribution in [0.1, 0.15) is 101 Å². The van der Waals surface area contributed by atoms with Gasteiger partial charge < -0.3 is 4.98 Å². The molecule has 2 fully saturated rings. The number of aromatic amines is 1. The van der Waals surface area contributed by atoms with Crippen LogP contribution < -0.4 is 0 Å². The highest BCUT2D eigenvalue weighted by Crippen LogP contribution is 2.42. The minimum Gasteiger partial charge on any atom is -0.361 e. The van der Waals surface area contributed by atoms with Gasteiger partial charge in [0.05, 0.1) is 10.7 Å². The summed E-state index contributed by atoms with van der Waals surface area (Å²) in [5.74, 6) is 0.988. The smallest absolute Gasteiger partial charge is 0.136 e. The van der Waals surface area contributed by atoms with E-state index in [2.05, 4.69) is 68.2 Å². The third kappa shape index (κ3) is 7.09. The summed E-state index contributed by atoms with van der Waals surface area (Å²) in [5, 5.41) is 3.33. The molecule has 0 saturated heterocycles. The maximum Gasteiger partial charge on any atom is 0.136 e. The fraction of sp³-hybridized carbons (Fsp3) is 0.472. The Labute approximate surface area is 249 Å². The fourth-order valence-electron chi connectivity index (χ4n) is 6.70. The summed E-state index contributed by atoms with van der Waals surface area (Å²) in [4.78, 5) is 33.4.